The van der Waals surface area contributed by atoms with Crippen molar-refractivity contribution in [1.29, 1.82) is 0 Å². The zero-order valence-corrected chi connectivity index (χ0v) is 13.1. The van der Waals surface area contributed by atoms with Crippen molar-refractivity contribution in [3.8, 4) is 0 Å². The Morgan fingerprint density at radius 2 is 1.39 bits per heavy atom. The minimum atomic E-state index is 0.685. The molecule has 0 saturated heterocycles. The fourth-order valence-electron chi connectivity index (χ4n) is 2.15. The van der Waals surface area contributed by atoms with Crippen LogP contribution in [0.15, 0.2) is 0 Å². The van der Waals surface area contributed by atoms with E-state index in [0.29, 0.717) is 6.04 Å². The molecule has 2 nitrogen and oxygen atoms in total. The van der Waals surface area contributed by atoms with E-state index in [0.717, 1.165) is 6.54 Å². The van der Waals surface area contributed by atoms with Gasteiger partial charge in [0.2, 0.25) is 0 Å². The van der Waals surface area contributed by atoms with Gasteiger partial charge >= 0.3 is 0 Å². The van der Waals surface area contributed by atoms with Crippen LogP contribution >= 0.6 is 0 Å². The lowest BCUT2D eigenvalue weighted by atomic mass is 10.1. The van der Waals surface area contributed by atoms with E-state index >= 15 is 0 Å². The molecular formula is C16H36N2. The van der Waals surface area contributed by atoms with Crippen molar-refractivity contribution in [2.75, 3.05) is 19.6 Å². The molecule has 0 amide bonds. The average molecular weight is 256 g/mol. The summed E-state index contributed by atoms with van der Waals surface area (Å²) in [6.07, 6.45) is 12.0. The summed E-state index contributed by atoms with van der Waals surface area (Å²) in [6, 6.07) is 0.685. The summed E-state index contributed by atoms with van der Waals surface area (Å²) in [6.45, 7) is 10.3. The zero-order chi connectivity index (χ0) is 13.5. The Hall–Kier alpha value is -0.0800. The van der Waals surface area contributed by atoms with E-state index in [-0.39, 0.29) is 0 Å². The van der Waals surface area contributed by atoms with Gasteiger partial charge in [0, 0.05) is 12.6 Å². The molecule has 1 atom stereocenters. The Labute approximate surface area is 115 Å². The van der Waals surface area contributed by atoms with Gasteiger partial charge in [0.25, 0.3) is 0 Å². The minimum Gasteiger partial charge on any atom is -0.315 e. The number of hydrogen-bond acceptors (Lipinski definition) is 2. The van der Waals surface area contributed by atoms with Crippen molar-refractivity contribution < 1.29 is 0 Å². The molecule has 0 rings (SSSR count). The molecule has 0 bridgehead atoms. The maximum Gasteiger partial charge on any atom is 0.0192 e. The smallest absolute Gasteiger partial charge is 0.0192 e. The van der Waals surface area contributed by atoms with Crippen LogP contribution < -0.4 is 10.6 Å². The van der Waals surface area contributed by atoms with Gasteiger partial charge in [0.05, 0.1) is 0 Å². The lowest BCUT2D eigenvalue weighted by molar-refractivity contribution is 0.424. The van der Waals surface area contributed by atoms with Gasteiger partial charge < -0.3 is 10.6 Å². The average Bonchev–Trinajstić information content (AvgIpc) is 2.39. The second-order valence-corrected chi connectivity index (χ2v) is 5.41. The summed E-state index contributed by atoms with van der Waals surface area (Å²) in [5, 5.41) is 7.30. The SMILES string of the molecule is CCCCCC[C@@H](CNCCCC)NCCCC. The van der Waals surface area contributed by atoms with E-state index in [1.54, 1.807) is 0 Å². The predicted octanol–water partition coefficient (Wildman–Crippen LogP) is 4.10. The maximum atomic E-state index is 3.71. The molecule has 0 aromatic carbocycles. The molecule has 0 unspecified atom stereocenters. The van der Waals surface area contributed by atoms with Crippen LogP contribution in [-0.2, 0) is 0 Å². The highest BCUT2D eigenvalue weighted by atomic mass is 15.0. The van der Waals surface area contributed by atoms with E-state index in [9.17, 15) is 0 Å². The number of unbranched alkanes of at least 4 members (excludes halogenated alkanes) is 5. The molecule has 0 saturated carbocycles. The van der Waals surface area contributed by atoms with E-state index < -0.39 is 0 Å². The standard InChI is InChI=1S/C16H36N2/c1-4-7-10-11-12-16(18-14-9-6-3)15-17-13-8-5-2/h16-18H,4-15H2,1-3H3/t16-/m0/s1. The highest BCUT2D eigenvalue weighted by Gasteiger charge is 2.06. The van der Waals surface area contributed by atoms with Gasteiger partial charge in [-0.3, -0.25) is 0 Å². The Kier molecular flexibility index (Phi) is 14.9. The van der Waals surface area contributed by atoms with Crippen molar-refractivity contribution in [2.45, 2.75) is 84.6 Å². The van der Waals surface area contributed by atoms with Gasteiger partial charge in [-0.1, -0.05) is 59.3 Å². The molecule has 0 aromatic heterocycles. The highest BCUT2D eigenvalue weighted by molar-refractivity contribution is 4.70. The zero-order valence-electron chi connectivity index (χ0n) is 13.1. The molecule has 2 N–H and O–H groups in total. The monoisotopic (exact) mass is 256 g/mol. The molecule has 0 aliphatic rings. The van der Waals surface area contributed by atoms with Crippen molar-refractivity contribution >= 4 is 0 Å². The molecule has 0 heterocycles. The molecule has 0 fully saturated rings. The van der Waals surface area contributed by atoms with Crippen LogP contribution in [0.25, 0.3) is 0 Å². The third-order valence-electron chi connectivity index (χ3n) is 3.47. The van der Waals surface area contributed by atoms with Crippen LogP contribution in [-0.4, -0.2) is 25.7 Å². The first-order chi connectivity index (χ1) is 8.85. The first kappa shape index (κ1) is 17.9. The minimum absolute atomic E-state index is 0.685. The summed E-state index contributed by atoms with van der Waals surface area (Å²) in [5.41, 5.74) is 0. The second kappa shape index (κ2) is 15.0. The topological polar surface area (TPSA) is 24.1 Å². The molecule has 0 aliphatic carbocycles. The Bertz CT molecular complexity index is 136. The van der Waals surface area contributed by atoms with Crippen LogP contribution in [0.2, 0.25) is 0 Å². The Morgan fingerprint density at radius 3 is 2.06 bits per heavy atom. The fourth-order valence-corrected chi connectivity index (χ4v) is 2.15. The first-order valence-electron chi connectivity index (χ1n) is 8.29. The molecule has 18 heavy (non-hydrogen) atoms. The summed E-state index contributed by atoms with van der Waals surface area (Å²) in [5.74, 6) is 0. The molecule has 0 spiro atoms. The van der Waals surface area contributed by atoms with Crippen molar-refractivity contribution in [3.63, 3.8) is 0 Å². The number of hydrogen-bond donors (Lipinski definition) is 2. The lowest BCUT2D eigenvalue weighted by Gasteiger charge is -2.19. The molecule has 0 radical (unpaired) electrons. The van der Waals surface area contributed by atoms with Gasteiger partial charge in [-0.05, 0) is 32.4 Å². The second-order valence-electron chi connectivity index (χ2n) is 5.41. The number of rotatable bonds is 14. The van der Waals surface area contributed by atoms with Crippen LogP contribution in [0, 0.1) is 0 Å². The highest BCUT2D eigenvalue weighted by Crippen LogP contribution is 2.05. The quantitative estimate of drug-likeness (QED) is 0.457. The van der Waals surface area contributed by atoms with E-state index in [1.807, 2.05) is 0 Å². The van der Waals surface area contributed by atoms with Crippen molar-refractivity contribution in [1.82, 2.24) is 10.6 Å². The van der Waals surface area contributed by atoms with Crippen LogP contribution in [0.4, 0.5) is 0 Å². The van der Waals surface area contributed by atoms with Crippen LogP contribution in [0.5, 0.6) is 0 Å². The van der Waals surface area contributed by atoms with Gasteiger partial charge in [0.1, 0.15) is 0 Å². The van der Waals surface area contributed by atoms with Crippen LogP contribution in [0.3, 0.4) is 0 Å². The Balaban J connectivity index is 3.62. The van der Waals surface area contributed by atoms with Gasteiger partial charge in [0.15, 0.2) is 0 Å². The summed E-state index contributed by atoms with van der Waals surface area (Å²) < 4.78 is 0. The summed E-state index contributed by atoms with van der Waals surface area (Å²) in [7, 11) is 0. The van der Waals surface area contributed by atoms with Gasteiger partial charge in [-0.25, -0.2) is 0 Å². The van der Waals surface area contributed by atoms with Crippen molar-refractivity contribution in [3.05, 3.63) is 0 Å². The molecule has 110 valence electrons. The molecule has 0 aliphatic heterocycles. The Morgan fingerprint density at radius 1 is 0.722 bits per heavy atom. The van der Waals surface area contributed by atoms with Gasteiger partial charge in [-0.15, -0.1) is 0 Å². The van der Waals surface area contributed by atoms with E-state index in [2.05, 4.69) is 31.4 Å². The molecule has 2 heteroatoms. The van der Waals surface area contributed by atoms with Crippen molar-refractivity contribution in [2.24, 2.45) is 0 Å². The first-order valence-corrected chi connectivity index (χ1v) is 8.29. The fraction of sp³-hybridized carbons (Fsp3) is 1.00. The van der Waals surface area contributed by atoms with Gasteiger partial charge in [-0.2, -0.15) is 0 Å². The largest absolute Gasteiger partial charge is 0.315 e. The number of nitrogens with one attached hydrogen (secondary N) is 2. The molecular weight excluding hydrogens is 220 g/mol. The van der Waals surface area contributed by atoms with Crippen LogP contribution in [0.1, 0.15) is 78.6 Å². The third kappa shape index (κ3) is 12.4. The molecule has 0 aromatic rings. The summed E-state index contributed by atoms with van der Waals surface area (Å²) >= 11 is 0. The lowest BCUT2D eigenvalue weighted by Crippen LogP contribution is -2.39. The third-order valence-corrected chi connectivity index (χ3v) is 3.47. The van der Waals surface area contributed by atoms with E-state index in [4.69, 9.17) is 0 Å². The normalized spacial score (nSPS) is 12.8. The predicted molar refractivity (Wildman–Crippen MR) is 83.2 cm³/mol. The summed E-state index contributed by atoms with van der Waals surface area (Å²) in [4.78, 5) is 0. The maximum absolute atomic E-state index is 3.71. The van der Waals surface area contributed by atoms with E-state index in [1.165, 1.54) is 70.9 Å².